The molecule has 0 aromatic heterocycles. The zero-order valence-corrected chi connectivity index (χ0v) is 31.9. The maximum absolute atomic E-state index is 10.2. The van der Waals surface area contributed by atoms with E-state index in [1.807, 2.05) is 0 Å². The van der Waals surface area contributed by atoms with Crippen molar-refractivity contribution in [3.8, 4) is 0 Å². The quantitative estimate of drug-likeness (QED) is 0.0426. The number of hydrogen-bond donors (Lipinski definition) is 0. The molecule has 0 aliphatic carbocycles. The topological polar surface area (TPSA) is 80.3 Å². The van der Waals surface area contributed by atoms with E-state index in [0.29, 0.717) is 0 Å². The SMILES string of the molecule is CCCCCCCC/C=C/CCCCCCCC(=O)[O-].CCCCCCCC/C=C/CCCCCCCC(=O)[O-].[Ba+2]. The molecule has 0 aromatic carbocycles. The molecule has 4 nitrogen and oxygen atoms in total. The minimum absolute atomic E-state index is 0. The summed E-state index contributed by atoms with van der Waals surface area (Å²) in [6, 6.07) is 0. The number of carbonyl (C=O) groups is 2. The second-order valence-corrected chi connectivity index (χ2v) is 11.4. The van der Waals surface area contributed by atoms with Crippen LogP contribution in [0.1, 0.15) is 194 Å². The molecule has 0 amide bonds. The Balaban J connectivity index is -0.000000688. The Hall–Kier alpha value is -0.00857. The molecule has 0 radical (unpaired) electrons. The molecule has 0 aliphatic rings. The van der Waals surface area contributed by atoms with Crippen LogP contribution in [0.3, 0.4) is 0 Å². The Bertz CT molecular complexity index is 524. The summed E-state index contributed by atoms with van der Waals surface area (Å²) in [5.74, 6) is -1.83. The molecule has 0 saturated carbocycles. The molecule has 0 bridgehead atoms. The van der Waals surface area contributed by atoms with Gasteiger partial charge in [0.2, 0.25) is 0 Å². The predicted octanol–water partition coefficient (Wildman–Crippen LogP) is 9.17. The molecule has 0 N–H and O–H groups in total. The van der Waals surface area contributed by atoms with E-state index in [2.05, 4.69) is 38.2 Å². The van der Waals surface area contributed by atoms with Crippen molar-refractivity contribution in [2.24, 2.45) is 0 Å². The van der Waals surface area contributed by atoms with E-state index < -0.39 is 11.9 Å². The fourth-order valence-corrected chi connectivity index (χ4v) is 4.68. The largest absolute Gasteiger partial charge is 2.00 e. The first-order valence-corrected chi connectivity index (χ1v) is 17.2. The second-order valence-electron chi connectivity index (χ2n) is 11.4. The van der Waals surface area contributed by atoms with Gasteiger partial charge in [0.05, 0.1) is 0 Å². The fraction of sp³-hybridized carbons (Fsp3) is 0.833. The molecule has 41 heavy (non-hydrogen) atoms. The number of hydrogen-bond acceptors (Lipinski definition) is 4. The third kappa shape index (κ3) is 50.0. The molecule has 0 saturated heterocycles. The van der Waals surface area contributed by atoms with Gasteiger partial charge in [-0.25, -0.2) is 0 Å². The minimum atomic E-state index is -0.914. The van der Waals surface area contributed by atoms with Gasteiger partial charge in [-0.2, -0.15) is 0 Å². The Morgan fingerprint density at radius 3 is 0.854 bits per heavy atom. The van der Waals surface area contributed by atoms with Crippen LogP contribution >= 0.6 is 0 Å². The number of aliphatic carboxylic acids is 2. The molecule has 0 rings (SSSR count). The molecule has 0 fully saturated rings. The van der Waals surface area contributed by atoms with E-state index >= 15 is 0 Å². The predicted molar refractivity (Wildman–Crippen MR) is 175 cm³/mol. The molecule has 0 unspecified atom stereocenters. The Kier molecular flexibility index (Phi) is 46.7. The first-order chi connectivity index (χ1) is 19.5. The van der Waals surface area contributed by atoms with Crippen molar-refractivity contribution in [2.45, 2.75) is 194 Å². The summed E-state index contributed by atoms with van der Waals surface area (Å²) in [5, 5.41) is 20.4. The summed E-state index contributed by atoms with van der Waals surface area (Å²) in [4.78, 5) is 20.4. The van der Waals surface area contributed by atoms with Crippen LogP contribution in [0, 0.1) is 0 Å². The van der Waals surface area contributed by atoms with Gasteiger partial charge in [-0.05, 0) is 77.0 Å². The van der Waals surface area contributed by atoms with Crippen molar-refractivity contribution in [1.29, 1.82) is 0 Å². The number of carbonyl (C=O) groups excluding carboxylic acids is 2. The smallest absolute Gasteiger partial charge is 0.550 e. The fourth-order valence-electron chi connectivity index (χ4n) is 4.68. The van der Waals surface area contributed by atoms with Crippen molar-refractivity contribution >= 4 is 60.8 Å². The summed E-state index contributed by atoms with van der Waals surface area (Å²) in [5.41, 5.74) is 0. The van der Waals surface area contributed by atoms with Crippen molar-refractivity contribution in [2.75, 3.05) is 0 Å². The van der Waals surface area contributed by atoms with Crippen LogP contribution in [-0.4, -0.2) is 60.8 Å². The number of carboxylic acids is 2. The van der Waals surface area contributed by atoms with Crippen LogP contribution in [0.5, 0.6) is 0 Å². The van der Waals surface area contributed by atoms with E-state index in [0.717, 1.165) is 38.5 Å². The van der Waals surface area contributed by atoms with Gasteiger partial charge in [0.1, 0.15) is 0 Å². The van der Waals surface area contributed by atoms with Crippen LogP contribution in [0.2, 0.25) is 0 Å². The third-order valence-corrected chi connectivity index (χ3v) is 7.29. The van der Waals surface area contributed by atoms with Gasteiger partial charge in [0.25, 0.3) is 0 Å². The van der Waals surface area contributed by atoms with Crippen molar-refractivity contribution in [3.05, 3.63) is 24.3 Å². The van der Waals surface area contributed by atoms with Gasteiger partial charge in [-0.15, -0.1) is 0 Å². The number of allylic oxidation sites excluding steroid dienone is 4. The molecule has 0 aliphatic heterocycles. The number of rotatable bonds is 30. The van der Waals surface area contributed by atoms with Gasteiger partial charge in [-0.3, -0.25) is 0 Å². The van der Waals surface area contributed by atoms with Crippen molar-refractivity contribution in [1.82, 2.24) is 0 Å². The van der Waals surface area contributed by atoms with Crippen LogP contribution in [0.15, 0.2) is 24.3 Å². The Labute approximate surface area is 296 Å². The van der Waals surface area contributed by atoms with Crippen LogP contribution in [0.25, 0.3) is 0 Å². The molecule has 0 aromatic rings. The average molecular weight is 700 g/mol. The monoisotopic (exact) mass is 700 g/mol. The molecular weight excluding hydrogens is 634 g/mol. The normalized spacial score (nSPS) is 11.0. The van der Waals surface area contributed by atoms with Crippen molar-refractivity contribution < 1.29 is 19.8 Å². The Morgan fingerprint density at radius 1 is 0.390 bits per heavy atom. The summed E-state index contributed by atoms with van der Waals surface area (Å²) in [6.45, 7) is 4.51. The molecule has 0 spiro atoms. The molecule has 0 heterocycles. The van der Waals surface area contributed by atoms with E-state index in [4.69, 9.17) is 0 Å². The molecular formula is C36H66BaO4. The first kappa shape index (κ1) is 45.4. The standard InChI is InChI=1S/2C18H34O2.Ba/c2*1-2-3-4-5-6-7-8-9-10-11-12-13-14-15-16-17-18(19)20;/h2*9-10H,2-8,11-17H2,1H3,(H,19,20);/q;;+2/p-2/b2*10-9+;. The maximum atomic E-state index is 10.2. The van der Waals surface area contributed by atoms with E-state index in [1.165, 1.54) is 128 Å². The van der Waals surface area contributed by atoms with Crippen LogP contribution in [-0.2, 0) is 9.59 Å². The summed E-state index contributed by atoms with van der Waals surface area (Å²) < 4.78 is 0. The van der Waals surface area contributed by atoms with E-state index in [1.54, 1.807) is 0 Å². The summed E-state index contributed by atoms with van der Waals surface area (Å²) >= 11 is 0. The van der Waals surface area contributed by atoms with Crippen LogP contribution in [0.4, 0.5) is 0 Å². The number of carboxylic acid groups (broad SMARTS) is 2. The third-order valence-electron chi connectivity index (χ3n) is 7.29. The first-order valence-electron chi connectivity index (χ1n) is 17.2. The molecule has 5 heteroatoms. The minimum Gasteiger partial charge on any atom is -0.550 e. The zero-order chi connectivity index (χ0) is 29.8. The van der Waals surface area contributed by atoms with Gasteiger partial charge in [-0.1, -0.05) is 141 Å². The average Bonchev–Trinajstić information content (AvgIpc) is 2.93. The van der Waals surface area contributed by atoms with Crippen molar-refractivity contribution in [3.63, 3.8) is 0 Å². The van der Waals surface area contributed by atoms with Gasteiger partial charge >= 0.3 is 48.9 Å². The van der Waals surface area contributed by atoms with Gasteiger partial charge < -0.3 is 19.8 Å². The zero-order valence-electron chi connectivity index (χ0n) is 27.4. The summed E-state index contributed by atoms with van der Waals surface area (Å²) in [7, 11) is 0. The Morgan fingerprint density at radius 2 is 0.610 bits per heavy atom. The van der Waals surface area contributed by atoms with E-state index in [9.17, 15) is 19.8 Å². The summed E-state index contributed by atoms with van der Waals surface area (Å²) in [6.07, 6.45) is 41.8. The molecule has 0 atom stereocenters. The van der Waals surface area contributed by atoms with Gasteiger partial charge in [0.15, 0.2) is 0 Å². The maximum Gasteiger partial charge on any atom is 2.00 e. The van der Waals surface area contributed by atoms with Gasteiger partial charge in [0, 0.05) is 11.9 Å². The second kappa shape index (κ2) is 42.1. The molecule has 236 valence electrons. The van der Waals surface area contributed by atoms with Crippen LogP contribution < -0.4 is 10.2 Å². The number of unbranched alkanes of at least 4 members (excludes halogenated alkanes) is 22. The van der Waals surface area contributed by atoms with E-state index in [-0.39, 0.29) is 61.7 Å².